The van der Waals surface area contributed by atoms with Crippen LogP contribution in [0, 0.1) is 11.2 Å². The van der Waals surface area contributed by atoms with Crippen LogP contribution in [0.5, 0.6) is 11.5 Å². The van der Waals surface area contributed by atoms with Crippen molar-refractivity contribution in [2.75, 3.05) is 36.4 Å². The molecule has 2 fully saturated rings. The van der Waals surface area contributed by atoms with Gasteiger partial charge in [-0.2, -0.15) is 0 Å². The summed E-state index contributed by atoms with van der Waals surface area (Å²) < 4.78 is 19.4. The molecule has 0 bridgehead atoms. The van der Waals surface area contributed by atoms with Crippen molar-refractivity contribution >= 4 is 23.1 Å². The third kappa shape index (κ3) is 4.07. The fourth-order valence-corrected chi connectivity index (χ4v) is 5.94. The van der Waals surface area contributed by atoms with Crippen LogP contribution < -0.4 is 15.0 Å². The Hall–Kier alpha value is -2.94. The summed E-state index contributed by atoms with van der Waals surface area (Å²) in [6.07, 6.45) is 3.70. The molecule has 9 heteroatoms. The second kappa shape index (κ2) is 8.57. The standard InChI is InChI=1S/C27H29ClFN5O2/c1-26(2)19-5-3-17(9-21(19)32-25(26)35)12-33-8-7-27(13-33)14-34(15-27)24-23(11-30-16-31-24)36-22-6-4-18(29)10-20(22)28/h3-6,9-11,16,25,32,35H,7-8,12-15H2,1-2H3. The summed E-state index contributed by atoms with van der Waals surface area (Å²) in [7, 11) is 0. The summed E-state index contributed by atoms with van der Waals surface area (Å²) in [6, 6.07) is 10.6. The van der Waals surface area contributed by atoms with Gasteiger partial charge >= 0.3 is 0 Å². The van der Waals surface area contributed by atoms with Crippen molar-refractivity contribution in [3.8, 4) is 11.5 Å². The average Bonchev–Trinajstić information content (AvgIpc) is 3.33. The van der Waals surface area contributed by atoms with Crippen LogP contribution in [-0.4, -0.2) is 52.4 Å². The smallest absolute Gasteiger partial charge is 0.188 e. The van der Waals surface area contributed by atoms with E-state index in [-0.39, 0.29) is 15.9 Å². The molecule has 1 spiro atoms. The molecule has 36 heavy (non-hydrogen) atoms. The Morgan fingerprint density at radius 3 is 2.81 bits per heavy atom. The molecular formula is C27H29ClFN5O2. The monoisotopic (exact) mass is 509 g/mol. The molecule has 188 valence electrons. The summed E-state index contributed by atoms with van der Waals surface area (Å²) in [4.78, 5) is 13.3. The number of aromatic nitrogens is 2. The van der Waals surface area contributed by atoms with Crippen LogP contribution in [-0.2, 0) is 12.0 Å². The van der Waals surface area contributed by atoms with E-state index in [0.717, 1.165) is 56.2 Å². The van der Waals surface area contributed by atoms with Crippen LogP contribution in [0.2, 0.25) is 5.02 Å². The highest BCUT2D eigenvalue weighted by Crippen LogP contribution is 2.45. The van der Waals surface area contributed by atoms with E-state index in [1.807, 2.05) is 0 Å². The van der Waals surface area contributed by atoms with Gasteiger partial charge in [0, 0.05) is 42.7 Å². The van der Waals surface area contributed by atoms with Crippen molar-refractivity contribution < 1.29 is 14.2 Å². The fraction of sp³-hybridized carbons (Fsp3) is 0.407. The first-order valence-corrected chi connectivity index (χ1v) is 12.6. The molecule has 0 saturated carbocycles. The Morgan fingerprint density at radius 1 is 1.17 bits per heavy atom. The molecule has 2 N–H and O–H groups in total. The van der Waals surface area contributed by atoms with Gasteiger partial charge in [-0.05, 0) is 48.4 Å². The summed E-state index contributed by atoms with van der Waals surface area (Å²) in [5.41, 5.74) is 3.39. The van der Waals surface area contributed by atoms with Gasteiger partial charge in [0.1, 0.15) is 24.1 Å². The van der Waals surface area contributed by atoms with E-state index in [0.29, 0.717) is 11.5 Å². The van der Waals surface area contributed by atoms with Crippen molar-refractivity contribution in [1.82, 2.24) is 14.9 Å². The van der Waals surface area contributed by atoms with Crippen molar-refractivity contribution in [2.45, 2.75) is 38.5 Å². The number of anilines is 2. The number of rotatable bonds is 5. The lowest BCUT2D eigenvalue weighted by molar-refractivity contribution is 0.137. The first kappa shape index (κ1) is 23.5. The van der Waals surface area contributed by atoms with E-state index in [1.54, 1.807) is 6.20 Å². The van der Waals surface area contributed by atoms with Gasteiger partial charge in [0.25, 0.3) is 0 Å². The van der Waals surface area contributed by atoms with Crippen LogP contribution in [0.25, 0.3) is 0 Å². The predicted molar refractivity (Wildman–Crippen MR) is 137 cm³/mol. The number of halogens is 2. The van der Waals surface area contributed by atoms with Crippen LogP contribution in [0.15, 0.2) is 48.9 Å². The number of benzene rings is 2. The largest absolute Gasteiger partial charge is 0.450 e. The van der Waals surface area contributed by atoms with Gasteiger partial charge in [-0.15, -0.1) is 0 Å². The molecule has 6 rings (SSSR count). The quantitative estimate of drug-likeness (QED) is 0.512. The summed E-state index contributed by atoms with van der Waals surface area (Å²) >= 11 is 6.15. The maximum absolute atomic E-state index is 13.4. The van der Waals surface area contributed by atoms with Gasteiger partial charge < -0.3 is 20.1 Å². The zero-order valence-electron chi connectivity index (χ0n) is 20.3. The zero-order chi connectivity index (χ0) is 25.1. The van der Waals surface area contributed by atoms with E-state index in [1.165, 1.54) is 30.1 Å². The van der Waals surface area contributed by atoms with E-state index in [9.17, 15) is 9.50 Å². The lowest BCUT2D eigenvalue weighted by Crippen LogP contribution is -2.58. The molecule has 4 heterocycles. The van der Waals surface area contributed by atoms with E-state index < -0.39 is 12.0 Å². The second-order valence-corrected chi connectivity index (χ2v) is 11.3. The molecule has 2 aromatic carbocycles. The van der Waals surface area contributed by atoms with Crippen LogP contribution in [0.4, 0.5) is 15.9 Å². The van der Waals surface area contributed by atoms with Gasteiger partial charge in [0.05, 0.1) is 11.2 Å². The number of nitrogens with zero attached hydrogens (tertiary/aromatic N) is 4. The summed E-state index contributed by atoms with van der Waals surface area (Å²) in [6.45, 7) is 8.85. The molecule has 2 saturated heterocycles. The molecule has 1 unspecified atom stereocenters. The minimum Gasteiger partial charge on any atom is -0.450 e. The minimum atomic E-state index is -0.562. The minimum absolute atomic E-state index is 0.205. The average molecular weight is 510 g/mol. The SMILES string of the molecule is CC1(C)c2ccc(CN3CCC4(C3)CN(c3ncncc3Oc3ccc(F)cc3Cl)C4)cc2NC1O. The molecule has 0 amide bonds. The number of ether oxygens (including phenoxy) is 1. The molecule has 0 aliphatic carbocycles. The van der Waals surface area contributed by atoms with Crippen LogP contribution in [0.3, 0.4) is 0 Å². The maximum atomic E-state index is 13.4. The highest BCUT2D eigenvalue weighted by atomic mass is 35.5. The summed E-state index contributed by atoms with van der Waals surface area (Å²) in [5.74, 6) is 1.19. The molecule has 3 aromatic rings. The van der Waals surface area contributed by atoms with Crippen LogP contribution >= 0.6 is 11.6 Å². The van der Waals surface area contributed by atoms with Crippen LogP contribution in [0.1, 0.15) is 31.4 Å². The fourth-order valence-electron chi connectivity index (χ4n) is 5.73. The Bertz CT molecular complexity index is 1310. The lowest BCUT2D eigenvalue weighted by atomic mass is 9.79. The molecular weight excluding hydrogens is 481 g/mol. The Kier molecular flexibility index (Phi) is 5.59. The topological polar surface area (TPSA) is 73.8 Å². The van der Waals surface area contributed by atoms with Crippen molar-refractivity contribution in [3.63, 3.8) is 0 Å². The van der Waals surface area contributed by atoms with Gasteiger partial charge in [0.2, 0.25) is 0 Å². The van der Waals surface area contributed by atoms with E-state index in [4.69, 9.17) is 16.3 Å². The molecule has 1 atom stereocenters. The Balaban J connectivity index is 1.10. The number of hydrogen-bond acceptors (Lipinski definition) is 7. The van der Waals surface area contributed by atoms with Gasteiger partial charge in [-0.3, -0.25) is 4.90 Å². The highest BCUT2D eigenvalue weighted by Gasteiger charge is 2.48. The third-order valence-corrected chi connectivity index (χ3v) is 8.10. The van der Waals surface area contributed by atoms with E-state index in [2.05, 4.69) is 57.1 Å². The normalized spacial score (nSPS) is 21.8. The van der Waals surface area contributed by atoms with Crippen molar-refractivity contribution in [2.24, 2.45) is 5.41 Å². The second-order valence-electron chi connectivity index (χ2n) is 10.9. The first-order valence-electron chi connectivity index (χ1n) is 12.2. The first-order chi connectivity index (χ1) is 17.2. The maximum Gasteiger partial charge on any atom is 0.188 e. The summed E-state index contributed by atoms with van der Waals surface area (Å²) in [5, 5.41) is 13.8. The number of aliphatic hydroxyl groups is 1. The highest BCUT2D eigenvalue weighted by molar-refractivity contribution is 6.32. The number of aliphatic hydroxyl groups excluding tert-OH is 1. The number of fused-ring (bicyclic) bond motifs is 1. The molecule has 3 aliphatic heterocycles. The predicted octanol–water partition coefficient (Wildman–Crippen LogP) is 4.80. The number of likely N-dealkylation sites (tertiary alicyclic amines) is 1. The Labute approximate surface area is 214 Å². The molecule has 3 aliphatic rings. The van der Waals surface area contributed by atoms with E-state index >= 15 is 0 Å². The molecule has 7 nitrogen and oxygen atoms in total. The van der Waals surface area contributed by atoms with Gasteiger partial charge in [-0.25, -0.2) is 14.4 Å². The van der Waals surface area contributed by atoms with Gasteiger partial charge in [0.15, 0.2) is 11.6 Å². The zero-order valence-corrected chi connectivity index (χ0v) is 21.1. The number of hydrogen-bond donors (Lipinski definition) is 2. The van der Waals surface area contributed by atoms with Crippen molar-refractivity contribution in [3.05, 3.63) is 70.9 Å². The van der Waals surface area contributed by atoms with Crippen molar-refractivity contribution in [1.29, 1.82) is 0 Å². The third-order valence-electron chi connectivity index (χ3n) is 7.80. The molecule has 1 aromatic heterocycles. The number of nitrogens with one attached hydrogen (secondary N) is 1. The van der Waals surface area contributed by atoms with Gasteiger partial charge in [-0.1, -0.05) is 37.6 Å². The lowest BCUT2D eigenvalue weighted by Gasteiger charge is -2.49. The molecule has 0 radical (unpaired) electrons. The Morgan fingerprint density at radius 2 is 2.00 bits per heavy atom.